The molecule has 0 aliphatic carbocycles. The summed E-state index contributed by atoms with van der Waals surface area (Å²) in [5.74, 6) is 0.686. The number of aromatic nitrogens is 1. The maximum absolute atomic E-state index is 13.6. The third-order valence-corrected chi connectivity index (χ3v) is 7.34. The predicted molar refractivity (Wildman–Crippen MR) is 128 cm³/mol. The summed E-state index contributed by atoms with van der Waals surface area (Å²) >= 11 is 9.51. The normalized spacial score (nSPS) is 11.5. The van der Waals surface area contributed by atoms with Gasteiger partial charge in [-0.3, -0.25) is 9.69 Å². The fourth-order valence-corrected chi connectivity index (χ4v) is 5.60. The smallest absolute Gasteiger partial charge is 0.271 e. The highest BCUT2D eigenvalue weighted by Gasteiger charge is 2.26. The van der Waals surface area contributed by atoms with Crippen LogP contribution in [0.25, 0.3) is 20.3 Å². The van der Waals surface area contributed by atoms with Gasteiger partial charge in [0.25, 0.3) is 5.91 Å². The van der Waals surface area contributed by atoms with Crippen molar-refractivity contribution in [2.24, 2.45) is 0 Å². The number of carbonyl (C=O) groups excluding carboxylic acids is 1. The van der Waals surface area contributed by atoms with Gasteiger partial charge in [0.1, 0.15) is 10.6 Å². The van der Waals surface area contributed by atoms with Crippen LogP contribution < -0.4 is 9.64 Å². The van der Waals surface area contributed by atoms with Crippen LogP contribution in [0.3, 0.4) is 0 Å². The number of rotatable bonds is 7. The summed E-state index contributed by atoms with van der Waals surface area (Å²) in [6.07, 6.45) is 0. The van der Waals surface area contributed by atoms with Gasteiger partial charge in [-0.25, -0.2) is 4.98 Å². The van der Waals surface area contributed by atoms with Gasteiger partial charge in [-0.05, 0) is 45.3 Å². The molecule has 0 aliphatic rings. The first-order valence-corrected chi connectivity index (χ1v) is 11.7. The average Bonchev–Trinajstić information content (AvgIpc) is 3.29. The monoisotopic (exact) mass is 459 g/mol. The van der Waals surface area contributed by atoms with Crippen LogP contribution in [-0.2, 0) is 0 Å². The molecule has 4 aromatic rings. The molecule has 0 unspecified atom stereocenters. The zero-order valence-corrected chi connectivity index (χ0v) is 19.4. The minimum atomic E-state index is -0.118. The average molecular weight is 460 g/mol. The first-order valence-electron chi connectivity index (χ1n) is 9.65. The molecule has 2 aromatic carbocycles. The summed E-state index contributed by atoms with van der Waals surface area (Å²) in [5, 5.41) is 2.08. The molecule has 2 heterocycles. The fourth-order valence-electron chi connectivity index (χ4n) is 3.12. The molecule has 0 N–H and O–H groups in total. The van der Waals surface area contributed by atoms with E-state index in [9.17, 15) is 4.79 Å². The van der Waals surface area contributed by atoms with Gasteiger partial charge in [-0.15, -0.1) is 11.3 Å². The molecule has 30 heavy (non-hydrogen) atoms. The lowest BCUT2D eigenvalue weighted by atomic mass is 10.2. The highest BCUT2D eigenvalue weighted by molar-refractivity contribution is 7.23. The fraction of sp³-hybridized carbons (Fsp3) is 0.273. The van der Waals surface area contributed by atoms with Crippen LogP contribution in [-0.4, -0.2) is 49.6 Å². The van der Waals surface area contributed by atoms with E-state index in [0.717, 1.165) is 26.1 Å². The molecule has 156 valence electrons. The van der Waals surface area contributed by atoms with Crippen LogP contribution in [0.2, 0.25) is 5.02 Å². The number of thiophene rings is 1. The lowest BCUT2D eigenvalue weighted by Gasteiger charge is -2.21. The number of benzene rings is 2. The summed E-state index contributed by atoms with van der Waals surface area (Å²) in [7, 11) is 3.98. The van der Waals surface area contributed by atoms with Crippen LogP contribution in [0.5, 0.6) is 5.75 Å². The van der Waals surface area contributed by atoms with E-state index in [1.807, 2.05) is 68.4 Å². The van der Waals surface area contributed by atoms with Crippen LogP contribution >= 0.6 is 34.3 Å². The molecule has 0 saturated carbocycles. The topological polar surface area (TPSA) is 45.7 Å². The van der Waals surface area contributed by atoms with E-state index in [1.54, 1.807) is 4.90 Å². The van der Waals surface area contributed by atoms with Crippen molar-refractivity contribution in [3.05, 3.63) is 52.4 Å². The second kappa shape index (κ2) is 8.89. The van der Waals surface area contributed by atoms with Crippen molar-refractivity contribution in [3.8, 4) is 5.75 Å². The number of amides is 1. The highest BCUT2D eigenvalue weighted by atomic mass is 35.5. The molecule has 1 amide bonds. The Kier molecular flexibility index (Phi) is 6.24. The number of thiazole rings is 1. The summed E-state index contributed by atoms with van der Waals surface area (Å²) in [5.41, 5.74) is 0.851. The quantitative estimate of drug-likeness (QED) is 0.352. The molecule has 0 bridgehead atoms. The summed E-state index contributed by atoms with van der Waals surface area (Å²) in [4.78, 5) is 22.6. The number of halogens is 1. The molecule has 8 heteroatoms. The molecule has 0 saturated heterocycles. The molecule has 2 aromatic heterocycles. The molecular formula is C22H22ClN3O2S2. The molecule has 4 rings (SSSR count). The van der Waals surface area contributed by atoms with E-state index in [-0.39, 0.29) is 5.91 Å². The van der Waals surface area contributed by atoms with Gasteiger partial charge in [0, 0.05) is 23.2 Å². The molecule has 0 aliphatic heterocycles. The van der Waals surface area contributed by atoms with E-state index in [1.165, 1.54) is 22.7 Å². The maximum Gasteiger partial charge on any atom is 0.271 e. The number of fused-ring (bicyclic) bond motifs is 2. The first kappa shape index (κ1) is 21.1. The second-order valence-corrected chi connectivity index (χ2v) is 9.50. The predicted octanol–water partition coefficient (Wildman–Crippen LogP) is 5.77. The second-order valence-electron chi connectivity index (χ2n) is 7.06. The van der Waals surface area contributed by atoms with Crippen LogP contribution in [0.4, 0.5) is 5.13 Å². The number of hydrogen-bond acceptors (Lipinski definition) is 6. The van der Waals surface area contributed by atoms with Crippen LogP contribution in [0.15, 0.2) is 42.5 Å². The van der Waals surface area contributed by atoms with E-state index in [4.69, 9.17) is 21.3 Å². The molecule has 0 spiro atoms. The van der Waals surface area contributed by atoms with Gasteiger partial charge >= 0.3 is 0 Å². The zero-order valence-electron chi connectivity index (χ0n) is 17.0. The summed E-state index contributed by atoms with van der Waals surface area (Å²) in [6.45, 7) is 3.80. The van der Waals surface area contributed by atoms with Crippen LogP contribution in [0.1, 0.15) is 16.6 Å². The van der Waals surface area contributed by atoms with E-state index >= 15 is 0 Å². The van der Waals surface area contributed by atoms with Gasteiger partial charge in [-0.1, -0.05) is 41.1 Å². The Bertz CT molecular complexity index is 1200. The Hall–Kier alpha value is -2.19. The molecule has 0 radical (unpaired) electrons. The molecule has 0 fully saturated rings. The minimum absolute atomic E-state index is 0.118. The summed E-state index contributed by atoms with van der Waals surface area (Å²) in [6, 6.07) is 13.6. The van der Waals surface area contributed by atoms with Crippen molar-refractivity contribution >= 4 is 65.6 Å². The summed E-state index contributed by atoms with van der Waals surface area (Å²) < 4.78 is 7.60. The van der Waals surface area contributed by atoms with Crippen molar-refractivity contribution in [1.29, 1.82) is 0 Å². The van der Waals surface area contributed by atoms with Crippen molar-refractivity contribution < 1.29 is 9.53 Å². The van der Waals surface area contributed by atoms with Crippen molar-refractivity contribution in [2.45, 2.75) is 6.92 Å². The zero-order chi connectivity index (χ0) is 21.3. The van der Waals surface area contributed by atoms with Gasteiger partial charge < -0.3 is 9.64 Å². The Morgan fingerprint density at radius 3 is 2.63 bits per heavy atom. The van der Waals surface area contributed by atoms with E-state index in [0.29, 0.717) is 34.7 Å². The SMILES string of the molecule is CCOc1ccc2nc(N(CCN(C)C)C(=O)c3sc4ccccc4c3Cl)sc2c1. The molecule has 0 atom stereocenters. The number of ether oxygens (including phenoxy) is 1. The van der Waals surface area contributed by atoms with Crippen molar-refractivity contribution in [3.63, 3.8) is 0 Å². The molecule has 5 nitrogen and oxygen atoms in total. The number of likely N-dealkylation sites (N-methyl/N-ethyl adjacent to an activating group) is 1. The third kappa shape index (κ3) is 4.16. The van der Waals surface area contributed by atoms with E-state index < -0.39 is 0 Å². The maximum atomic E-state index is 13.6. The number of nitrogens with zero attached hydrogens (tertiary/aromatic N) is 3. The number of anilines is 1. The lowest BCUT2D eigenvalue weighted by Crippen LogP contribution is -2.36. The number of hydrogen-bond donors (Lipinski definition) is 0. The Morgan fingerprint density at radius 1 is 1.10 bits per heavy atom. The Morgan fingerprint density at radius 2 is 1.90 bits per heavy atom. The van der Waals surface area contributed by atoms with Gasteiger partial charge in [0.2, 0.25) is 0 Å². The highest BCUT2D eigenvalue weighted by Crippen LogP contribution is 2.38. The van der Waals surface area contributed by atoms with Gasteiger partial charge in [0.05, 0.1) is 21.8 Å². The van der Waals surface area contributed by atoms with E-state index in [2.05, 4.69) is 0 Å². The third-order valence-electron chi connectivity index (χ3n) is 4.64. The van der Waals surface area contributed by atoms with Crippen molar-refractivity contribution in [1.82, 2.24) is 9.88 Å². The Labute approximate surface area is 188 Å². The standard InChI is InChI=1S/C22H22ClN3O2S2/c1-4-28-14-9-10-16-18(13-14)30-22(24-16)26(12-11-25(2)3)21(27)20-19(23)15-7-5-6-8-17(15)29-20/h5-10,13H,4,11-12H2,1-3H3. The molecular weight excluding hydrogens is 438 g/mol. The Balaban J connectivity index is 1.74. The van der Waals surface area contributed by atoms with Crippen molar-refractivity contribution in [2.75, 3.05) is 38.7 Å². The van der Waals surface area contributed by atoms with Crippen LogP contribution in [0, 0.1) is 0 Å². The number of carbonyl (C=O) groups is 1. The largest absolute Gasteiger partial charge is 0.494 e. The lowest BCUT2D eigenvalue weighted by molar-refractivity contribution is 0.0989. The minimum Gasteiger partial charge on any atom is -0.494 e. The first-order chi connectivity index (χ1) is 14.5. The van der Waals surface area contributed by atoms with Gasteiger partial charge in [0.15, 0.2) is 5.13 Å². The van der Waals surface area contributed by atoms with Gasteiger partial charge in [-0.2, -0.15) is 0 Å².